The van der Waals surface area contributed by atoms with Gasteiger partial charge in [0, 0.05) is 30.9 Å². The smallest absolute Gasteiger partial charge is 0.0945 e. The predicted molar refractivity (Wildman–Crippen MR) is 78.6 cm³/mol. The Morgan fingerprint density at radius 1 is 1.00 bits per heavy atom. The van der Waals surface area contributed by atoms with Crippen LogP contribution in [0.1, 0.15) is 37.7 Å². The van der Waals surface area contributed by atoms with Crippen LogP contribution in [0.3, 0.4) is 0 Å². The molecule has 0 unspecified atom stereocenters. The van der Waals surface area contributed by atoms with E-state index in [2.05, 4.69) is 33.5 Å². The Morgan fingerprint density at radius 3 is 2.63 bits per heavy atom. The van der Waals surface area contributed by atoms with E-state index < -0.39 is 0 Å². The first-order valence-electron chi connectivity index (χ1n) is 6.95. The summed E-state index contributed by atoms with van der Waals surface area (Å²) in [5.41, 5.74) is 1.11. The average Bonchev–Trinajstić information content (AvgIpc) is 2.96. The Hall–Kier alpha value is -2.01. The molecule has 0 amide bonds. The van der Waals surface area contributed by atoms with Gasteiger partial charge in [0.15, 0.2) is 0 Å². The van der Waals surface area contributed by atoms with Gasteiger partial charge in [-0.3, -0.25) is 0 Å². The second-order valence-corrected chi connectivity index (χ2v) is 4.63. The Bertz CT molecular complexity index is 503. The maximum Gasteiger partial charge on any atom is 0.0945 e. The molecular formula is C17H20N2. The second kappa shape index (κ2) is 8.16. The molecule has 0 aliphatic heterocycles. The summed E-state index contributed by atoms with van der Waals surface area (Å²) in [7, 11) is 0. The Kier molecular flexibility index (Phi) is 5.76. The first-order chi connectivity index (χ1) is 9.45. The van der Waals surface area contributed by atoms with Gasteiger partial charge in [0.05, 0.1) is 6.33 Å². The van der Waals surface area contributed by atoms with Crippen LogP contribution in [0.15, 0.2) is 49.1 Å². The van der Waals surface area contributed by atoms with Gasteiger partial charge in [-0.05, 0) is 25.0 Å². The van der Waals surface area contributed by atoms with Crippen molar-refractivity contribution in [1.82, 2.24) is 9.55 Å². The molecule has 98 valence electrons. The molecule has 2 nitrogen and oxygen atoms in total. The maximum absolute atomic E-state index is 4.04. The van der Waals surface area contributed by atoms with Gasteiger partial charge < -0.3 is 4.57 Å². The molecule has 2 rings (SSSR count). The van der Waals surface area contributed by atoms with Crippen LogP contribution < -0.4 is 0 Å². The molecule has 1 aromatic carbocycles. The van der Waals surface area contributed by atoms with Crippen LogP contribution in [-0.2, 0) is 6.54 Å². The number of hydrogen-bond acceptors (Lipinski definition) is 1. The minimum Gasteiger partial charge on any atom is -0.337 e. The van der Waals surface area contributed by atoms with Crippen molar-refractivity contribution < 1.29 is 0 Å². The maximum atomic E-state index is 4.04. The summed E-state index contributed by atoms with van der Waals surface area (Å²) in [6, 6.07) is 10.2. The van der Waals surface area contributed by atoms with Gasteiger partial charge in [-0.15, -0.1) is 0 Å². The lowest BCUT2D eigenvalue weighted by atomic mass is 10.1. The standard InChI is InChI=1S/C17H20N2/c1(2-4-9-14-19-15-13-18-16-19)3-6-10-17-11-7-5-8-12-17/h5,7-8,11-13,15-16H,1-4,9,14H2. The summed E-state index contributed by atoms with van der Waals surface area (Å²) in [6.45, 7) is 1.08. The van der Waals surface area contributed by atoms with Gasteiger partial charge in [-0.2, -0.15) is 0 Å². The fraction of sp³-hybridized carbons (Fsp3) is 0.353. The molecule has 0 spiro atoms. The highest BCUT2D eigenvalue weighted by molar-refractivity contribution is 5.33. The fourth-order valence-corrected chi connectivity index (χ4v) is 1.97. The highest BCUT2D eigenvalue weighted by Gasteiger charge is 1.91. The van der Waals surface area contributed by atoms with Gasteiger partial charge in [0.2, 0.25) is 0 Å². The summed E-state index contributed by atoms with van der Waals surface area (Å²) in [5.74, 6) is 6.44. The van der Waals surface area contributed by atoms with E-state index in [4.69, 9.17) is 0 Å². The molecule has 0 aliphatic rings. The number of unbranched alkanes of at least 4 members (excludes halogenated alkanes) is 4. The third kappa shape index (κ3) is 5.44. The van der Waals surface area contributed by atoms with Crippen LogP contribution in [0.4, 0.5) is 0 Å². The van der Waals surface area contributed by atoms with Crippen LogP contribution in [0.5, 0.6) is 0 Å². The SMILES string of the molecule is C(#Cc1ccccc1)CCCCCCn1ccnc1. The highest BCUT2D eigenvalue weighted by Crippen LogP contribution is 2.04. The first kappa shape index (κ1) is 13.4. The zero-order chi connectivity index (χ0) is 13.2. The zero-order valence-corrected chi connectivity index (χ0v) is 11.3. The minimum atomic E-state index is 1.000. The third-order valence-electron chi connectivity index (χ3n) is 3.03. The molecule has 0 bridgehead atoms. The van der Waals surface area contributed by atoms with E-state index in [9.17, 15) is 0 Å². The fourth-order valence-electron chi connectivity index (χ4n) is 1.97. The van der Waals surface area contributed by atoms with Crippen molar-refractivity contribution in [3.8, 4) is 11.8 Å². The predicted octanol–water partition coefficient (Wildman–Crippen LogP) is 3.89. The largest absolute Gasteiger partial charge is 0.337 e. The molecule has 0 fully saturated rings. The van der Waals surface area contributed by atoms with Crippen molar-refractivity contribution in [3.05, 3.63) is 54.6 Å². The third-order valence-corrected chi connectivity index (χ3v) is 3.03. The second-order valence-electron chi connectivity index (χ2n) is 4.63. The molecule has 1 heterocycles. The number of imidazole rings is 1. The first-order valence-corrected chi connectivity index (χ1v) is 6.95. The van der Waals surface area contributed by atoms with Crippen molar-refractivity contribution in [2.75, 3.05) is 0 Å². The number of rotatable bonds is 6. The van der Waals surface area contributed by atoms with Crippen LogP contribution >= 0.6 is 0 Å². The highest BCUT2D eigenvalue weighted by atomic mass is 15.0. The molecule has 0 atom stereocenters. The molecule has 0 aliphatic carbocycles. The van der Waals surface area contributed by atoms with Gasteiger partial charge in [-0.25, -0.2) is 4.98 Å². The van der Waals surface area contributed by atoms with E-state index in [1.54, 1.807) is 0 Å². The molecule has 0 radical (unpaired) electrons. The number of aryl methyl sites for hydroxylation is 1. The number of nitrogens with zero attached hydrogens (tertiary/aromatic N) is 2. The van der Waals surface area contributed by atoms with Gasteiger partial charge in [0.25, 0.3) is 0 Å². The lowest BCUT2D eigenvalue weighted by molar-refractivity contribution is 0.575. The van der Waals surface area contributed by atoms with E-state index in [0.29, 0.717) is 0 Å². The Morgan fingerprint density at radius 2 is 1.84 bits per heavy atom. The molecule has 1 aromatic heterocycles. The molecule has 19 heavy (non-hydrogen) atoms. The topological polar surface area (TPSA) is 17.8 Å². The molecule has 0 N–H and O–H groups in total. The molecule has 2 heteroatoms. The van der Waals surface area contributed by atoms with E-state index in [-0.39, 0.29) is 0 Å². The van der Waals surface area contributed by atoms with Gasteiger partial charge in [0.1, 0.15) is 0 Å². The van der Waals surface area contributed by atoms with Crippen LogP contribution in [-0.4, -0.2) is 9.55 Å². The molecule has 0 saturated carbocycles. The van der Waals surface area contributed by atoms with E-state index >= 15 is 0 Å². The zero-order valence-electron chi connectivity index (χ0n) is 11.3. The van der Waals surface area contributed by atoms with Crippen molar-refractivity contribution in [1.29, 1.82) is 0 Å². The quantitative estimate of drug-likeness (QED) is 0.563. The van der Waals surface area contributed by atoms with Crippen LogP contribution in [0.2, 0.25) is 0 Å². The monoisotopic (exact) mass is 252 g/mol. The molecular weight excluding hydrogens is 232 g/mol. The number of benzene rings is 1. The summed E-state index contributed by atoms with van der Waals surface area (Å²) in [4.78, 5) is 4.04. The van der Waals surface area contributed by atoms with Crippen molar-refractivity contribution in [3.63, 3.8) is 0 Å². The Balaban J connectivity index is 1.52. The van der Waals surface area contributed by atoms with Crippen LogP contribution in [0, 0.1) is 11.8 Å². The Labute approximate surface area is 115 Å². The molecule has 2 aromatic rings. The van der Waals surface area contributed by atoms with Crippen molar-refractivity contribution >= 4 is 0 Å². The lowest BCUT2D eigenvalue weighted by Crippen LogP contribution is -1.93. The average molecular weight is 252 g/mol. The minimum absolute atomic E-state index is 1.000. The summed E-state index contributed by atoms with van der Waals surface area (Å²) in [6.07, 6.45) is 11.7. The van der Waals surface area contributed by atoms with E-state index in [1.807, 2.05) is 36.9 Å². The summed E-state index contributed by atoms with van der Waals surface area (Å²) >= 11 is 0. The van der Waals surface area contributed by atoms with Crippen molar-refractivity contribution in [2.24, 2.45) is 0 Å². The lowest BCUT2D eigenvalue weighted by Gasteiger charge is -2.00. The summed E-state index contributed by atoms with van der Waals surface area (Å²) < 4.78 is 2.13. The van der Waals surface area contributed by atoms with E-state index in [1.165, 1.54) is 25.7 Å². The van der Waals surface area contributed by atoms with Gasteiger partial charge in [-0.1, -0.05) is 42.9 Å². The van der Waals surface area contributed by atoms with Crippen molar-refractivity contribution in [2.45, 2.75) is 38.6 Å². The van der Waals surface area contributed by atoms with Crippen LogP contribution in [0.25, 0.3) is 0 Å². The number of hydrogen-bond donors (Lipinski definition) is 0. The normalized spacial score (nSPS) is 9.89. The van der Waals surface area contributed by atoms with Gasteiger partial charge >= 0.3 is 0 Å². The van der Waals surface area contributed by atoms with E-state index in [0.717, 1.165) is 18.5 Å². The summed E-state index contributed by atoms with van der Waals surface area (Å²) in [5, 5.41) is 0. The molecule has 0 saturated heterocycles. The number of aromatic nitrogens is 2.